The Hall–Kier alpha value is -0.860. The van der Waals surface area contributed by atoms with E-state index in [0.29, 0.717) is 0 Å². The molecule has 2 nitrogen and oxygen atoms in total. The number of fused-ring (bicyclic) bond motifs is 3. The van der Waals surface area contributed by atoms with Gasteiger partial charge in [0.15, 0.2) is 0 Å². The van der Waals surface area contributed by atoms with Crippen LogP contribution in [0.5, 0.6) is 0 Å². The first kappa shape index (κ1) is 11.2. The zero-order valence-corrected chi connectivity index (χ0v) is 10.4. The molecule has 0 aromatic heterocycles. The summed E-state index contributed by atoms with van der Waals surface area (Å²) in [5.41, 5.74) is 1.45. The number of nitrogens with one attached hydrogen (secondary N) is 1. The standard InChI is InChI=1S/C15H22N2/c1-2-5-13(6-3-1)10-17-11-14-7-4-8-15(12-17)16-9-14/h1-3,5-6,14-16H,4,7-12H2. The number of benzene rings is 1. The molecule has 0 amide bonds. The van der Waals surface area contributed by atoms with E-state index < -0.39 is 0 Å². The Morgan fingerprint density at radius 1 is 1.12 bits per heavy atom. The van der Waals surface area contributed by atoms with Gasteiger partial charge in [-0.2, -0.15) is 0 Å². The summed E-state index contributed by atoms with van der Waals surface area (Å²) in [5.74, 6) is 0.867. The summed E-state index contributed by atoms with van der Waals surface area (Å²) in [5, 5.41) is 3.72. The molecule has 0 radical (unpaired) electrons. The molecule has 3 rings (SSSR count). The van der Waals surface area contributed by atoms with E-state index in [4.69, 9.17) is 0 Å². The lowest BCUT2D eigenvalue weighted by molar-refractivity contribution is 0.211. The molecule has 2 heteroatoms. The Morgan fingerprint density at radius 3 is 2.88 bits per heavy atom. The number of nitrogens with zero attached hydrogens (tertiary/aromatic N) is 1. The highest BCUT2D eigenvalue weighted by molar-refractivity contribution is 5.14. The fourth-order valence-corrected chi connectivity index (χ4v) is 3.22. The largest absolute Gasteiger partial charge is 0.312 e. The van der Waals surface area contributed by atoms with Crippen LogP contribution in [-0.2, 0) is 6.54 Å². The number of hydrogen-bond donors (Lipinski definition) is 1. The maximum atomic E-state index is 3.72. The highest BCUT2D eigenvalue weighted by Gasteiger charge is 2.26. The highest BCUT2D eigenvalue weighted by Crippen LogP contribution is 2.21. The molecule has 2 unspecified atom stereocenters. The molecule has 0 saturated carbocycles. The Labute approximate surface area is 104 Å². The number of hydrogen-bond acceptors (Lipinski definition) is 2. The molecule has 1 aromatic carbocycles. The summed E-state index contributed by atoms with van der Waals surface area (Å²) in [7, 11) is 0. The van der Waals surface area contributed by atoms with Crippen molar-refractivity contribution in [2.75, 3.05) is 19.6 Å². The molecule has 2 aliphatic heterocycles. The Bertz CT molecular complexity index is 335. The van der Waals surface area contributed by atoms with Gasteiger partial charge in [-0.3, -0.25) is 4.90 Å². The topological polar surface area (TPSA) is 15.3 Å². The molecule has 92 valence electrons. The Morgan fingerprint density at radius 2 is 2.00 bits per heavy atom. The van der Waals surface area contributed by atoms with Crippen molar-refractivity contribution in [3.05, 3.63) is 35.9 Å². The predicted octanol–water partition coefficient (Wildman–Crippen LogP) is 2.26. The van der Waals surface area contributed by atoms with Crippen molar-refractivity contribution in [3.63, 3.8) is 0 Å². The van der Waals surface area contributed by atoms with Crippen LogP contribution in [-0.4, -0.2) is 30.6 Å². The monoisotopic (exact) mass is 230 g/mol. The third kappa shape index (κ3) is 2.88. The Balaban J connectivity index is 1.67. The minimum Gasteiger partial charge on any atom is -0.312 e. The first-order valence-corrected chi connectivity index (χ1v) is 6.90. The van der Waals surface area contributed by atoms with E-state index in [1.54, 1.807) is 0 Å². The van der Waals surface area contributed by atoms with Crippen molar-refractivity contribution >= 4 is 0 Å². The molecule has 2 bridgehead atoms. The van der Waals surface area contributed by atoms with Crippen LogP contribution in [0.15, 0.2) is 30.3 Å². The van der Waals surface area contributed by atoms with Crippen LogP contribution in [0.2, 0.25) is 0 Å². The molecular formula is C15H22N2. The van der Waals surface area contributed by atoms with E-state index in [0.717, 1.165) is 18.5 Å². The highest BCUT2D eigenvalue weighted by atomic mass is 15.2. The van der Waals surface area contributed by atoms with Crippen molar-refractivity contribution in [1.82, 2.24) is 10.2 Å². The maximum absolute atomic E-state index is 3.72. The van der Waals surface area contributed by atoms with Crippen molar-refractivity contribution in [2.24, 2.45) is 5.92 Å². The van der Waals surface area contributed by atoms with Crippen LogP contribution in [0.1, 0.15) is 24.8 Å². The van der Waals surface area contributed by atoms with E-state index >= 15 is 0 Å². The van der Waals surface area contributed by atoms with Gasteiger partial charge in [0.05, 0.1) is 0 Å². The third-order valence-corrected chi connectivity index (χ3v) is 4.10. The summed E-state index contributed by atoms with van der Waals surface area (Å²) >= 11 is 0. The second-order valence-electron chi connectivity index (χ2n) is 5.58. The van der Waals surface area contributed by atoms with Gasteiger partial charge in [-0.15, -0.1) is 0 Å². The molecular weight excluding hydrogens is 208 g/mol. The molecule has 2 heterocycles. The van der Waals surface area contributed by atoms with E-state index in [2.05, 4.69) is 40.5 Å². The van der Waals surface area contributed by atoms with Gasteiger partial charge in [0, 0.05) is 25.7 Å². The smallest absolute Gasteiger partial charge is 0.0234 e. The van der Waals surface area contributed by atoms with E-state index in [-0.39, 0.29) is 0 Å². The molecule has 2 aliphatic rings. The molecule has 17 heavy (non-hydrogen) atoms. The van der Waals surface area contributed by atoms with Crippen molar-refractivity contribution < 1.29 is 0 Å². The molecule has 2 atom stereocenters. The fraction of sp³-hybridized carbons (Fsp3) is 0.600. The minimum atomic E-state index is 0.728. The zero-order valence-electron chi connectivity index (χ0n) is 10.4. The zero-order chi connectivity index (χ0) is 11.5. The van der Waals surface area contributed by atoms with E-state index in [1.807, 2.05) is 0 Å². The van der Waals surface area contributed by atoms with Gasteiger partial charge in [-0.1, -0.05) is 36.8 Å². The molecule has 1 aromatic rings. The second kappa shape index (κ2) is 5.19. The van der Waals surface area contributed by atoms with E-state index in [9.17, 15) is 0 Å². The lowest BCUT2D eigenvalue weighted by Gasteiger charge is -2.28. The first-order valence-electron chi connectivity index (χ1n) is 6.90. The molecule has 2 fully saturated rings. The third-order valence-electron chi connectivity index (χ3n) is 4.10. The minimum absolute atomic E-state index is 0.728. The van der Waals surface area contributed by atoms with Gasteiger partial charge >= 0.3 is 0 Å². The fourth-order valence-electron chi connectivity index (χ4n) is 3.22. The van der Waals surface area contributed by atoms with Crippen LogP contribution in [0.4, 0.5) is 0 Å². The normalized spacial score (nSPS) is 29.9. The van der Waals surface area contributed by atoms with Gasteiger partial charge in [0.2, 0.25) is 0 Å². The average Bonchev–Trinajstić information content (AvgIpc) is 2.64. The summed E-state index contributed by atoms with van der Waals surface area (Å²) in [6.45, 7) is 4.86. The first-order chi connectivity index (χ1) is 8.40. The molecule has 1 N–H and O–H groups in total. The van der Waals surface area contributed by atoms with Crippen LogP contribution in [0.3, 0.4) is 0 Å². The van der Waals surface area contributed by atoms with Crippen molar-refractivity contribution in [2.45, 2.75) is 31.8 Å². The van der Waals surface area contributed by atoms with E-state index in [1.165, 1.54) is 44.5 Å². The molecule has 2 saturated heterocycles. The quantitative estimate of drug-likeness (QED) is 0.838. The van der Waals surface area contributed by atoms with Crippen LogP contribution >= 0.6 is 0 Å². The van der Waals surface area contributed by atoms with Crippen LogP contribution in [0, 0.1) is 5.92 Å². The Kier molecular flexibility index (Phi) is 3.44. The summed E-state index contributed by atoms with van der Waals surface area (Å²) in [6, 6.07) is 11.6. The predicted molar refractivity (Wildman–Crippen MR) is 70.9 cm³/mol. The maximum Gasteiger partial charge on any atom is 0.0234 e. The van der Waals surface area contributed by atoms with Gasteiger partial charge < -0.3 is 5.32 Å². The van der Waals surface area contributed by atoms with Crippen molar-refractivity contribution in [1.29, 1.82) is 0 Å². The van der Waals surface area contributed by atoms with Crippen LogP contribution in [0.25, 0.3) is 0 Å². The average molecular weight is 230 g/mol. The summed E-state index contributed by atoms with van der Waals surface area (Å²) in [4.78, 5) is 2.64. The lowest BCUT2D eigenvalue weighted by atomic mass is 9.99. The van der Waals surface area contributed by atoms with Gasteiger partial charge in [-0.25, -0.2) is 0 Å². The van der Waals surface area contributed by atoms with Crippen molar-refractivity contribution in [3.8, 4) is 0 Å². The van der Waals surface area contributed by atoms with Gasteiger partial charge in [0.1, 0.15) is 0 Å². The summed E-state index contributed by atoms with van der Waals surface area (Å²) < 4.78 is 0. The number of likely N-dealkylation sites (tertiary alicyclic amines) is 1. The lowest BCUT2D eigenvalue weighted by Crippen LogP contribution is -2.37. The molecule has 0 spiro atoms. The van der Waals surface area contributed by atoms with Gasteiger partial charge in [0.25, 0.3) is 0 Å². The van der Waals surface area contributed by atoms with Gasteiger partial charge in [-0.05, 0) is 30.9 Å². The number of rotatable bonds is 2. The SMILES string of the molecule is c1ccc(CN2CC3CCCC(C2)NC3)cc1. The van der Waals surface area contributed by atoms with Crippen LogP contribution < -0.4 is 5.32 Å². The second-order valence-corrected chi connectivity index (χ2v) is 5.58. The summed E-state index contributed by atoms with van der Waals surface area (Å²) in [6.07, 6.45) is 4.19. The molecule has 0 aliphatic carbocycles.